The molecule has 27 nitrogen and oxygen atoms in total. The van der Waals surface area contributed by atoms with Crippen LogP contribution in [0.4, 0.5) is 0 Å². The quantitative estimate of drug-likeness (QED) is 0.0532. The van der Waals surface area contributed by atoms with Gasteiger partial charge in [-0.15, -0.1) is 0 Å². The molecule has 0 bridgehead atoms. The molecule has 15 N–H and O–H groups in total. The second-order valence-corrected chi connectivity index (χ2v) is 28.3. The second kappa shape index (κ2) is 23.8. The summed E-state index contributed by atoms with van der Waals surface area (Å²) in [6.45, 7) is 14.8. The average molecular weight is 1220 g/mol. The van der Waals surface area contributed by atoms with E-state index in [1.807, 2.05) is 0 Å². The highest BCUT2D eigenvalue weighted by Gasteiger charge is 2.72. The Balaban J connectivity index is 0.844. The Kier molecular flexibility index (Phi) is 18.4. The molecule has 10 aliphatic rings. The SMILES string of the molecule is C[C@@H]1O[C@@H](O[C@H]2[C@H](O)[C@@H](O)[C@H](O[C@H]3[C@H](OC(=O)[C@]45CCC(C)(C)C[C@H]4C4=CC[C@H]6[C@@]7(C)CC[C@H](O[C@@H]8O[C@H](C(=O)O)[C@@H](O)[C@H](O)[C@H]8O)C(C)(C)[C@H]7CC[C@@]6(C)[C@]4(C)C[C@H]5O)OC[C@H](O)[C@@H]3O)O[C@@H]2CO)[C@H](O)[C@H](O)[C@H]1O[C@@H]1OC[C@@H](O)[C@H](O)[C@H]1O. The largest absolute Gasteiger partial charge is 0.479 e. The maximum Gasteiger partial charge on any atom is 0.335 e. The van der Waals surface area contributed by atoms with Gasteiger partial charge in [-0.1, -0.05) is 60.1 Å². The highest BCUT2D eigenvalue weighted by molar-refractivity contribution is 5.80. The number of hydrogen-bond acceptors (Lipinski definition) is 26. The Bertz CT molecular complexity index is 2430. The monoisotopic (exact) mass is 1220 g/mol. The number of carbonyl (C=O) groups excluding carboxylic acids is 1. The van der Waals surface area contributed by atoms with E-state index in [0.29, 0.717) is 32.1 Å². The van der Waals surface area contributed by atoms with Crippen molar-refractivity contribution in [3.8, 4) is 0 Å². The normalized spacial score (nSPS) is 54.1. The van der Waals surface area contributed by atoms with Gasteiger partial charge >= 0.3 is 11.9 Å². The first-order valence-electron chi connectivity index (χ1n) is 30.1. The fourth-order valence-electron chi connectivity index (χ4n) is 17.5. The lowest BCUT2D eigenvalue weighted by Gasteiger charge is -2.71. The summed E-state index contributed by atoms with van der Waals surface area (Å²) in [6.07, 6.45) is -34.1. The molecule has 5 aliphatic carbocycles. The molecule has 85 heavy (non-hydrogen) atoms. The Labute approximate surface area is 492 Å². The van der Waals surface area contributed by atoms with Crippen LogP contribution < -0.4 is 0 Å². The van der Waals surface area contributed by atoms with Crippen molar-refractivity contribution in [1.82, 2.24) is 0 Å². The number of aliphatic carboxylic acids is 1. The minimum atomic E-state index is -2.07. The molecule has 0 aromatic rings. The van der Waals surface area contributed by atoms with Crippen molar-refractivity contribution in [3.05, 3.63) is 11.6 Å². The van der Waals surface area contributed by atoms with Crippen LogP contribution in [0.15, 0.2) is 11.6 Å². The second-order valence-electron chi connectivity index (χ2n) is 28.3. The zero-order chi connectivity index (χ0) is 62.2. The molecule has 0 aromatic heterocycles. The van der Waals surface area contributed by atoms with E-state index in [0.717, 1.165) is 18.4 Å². The number of aliphatic hydroxyl groups excluding tert-OH is 14. The van der Waals surface area contributed by atoms with Crippen LogP contribution >= 0.6 is 0 Å². The van der Waals surface area contributed by atoms with Crippen LogP contribution in [0.3, 0.4) is 0 Å². The van der Waals surface area contributed by atoms with E-state index in [1.165, 1.54) is 6.92 Å². The molecule has 0 amide bonds. The molecule has 32 atom stereocenters. The van der Waals surface area contributed by atoms with Crippen molar-refractivity contribution in [2.24, 2.45) is 50.2 Å². The van der Waals surface area contributed by atoms with E-state index in [-0.39, 0.29) is 35.5 Å². The Hall–Kier alpha value is -2.24. The molecular weight excluding hydrogens is 1130 g/mol. The summed E-state index contributed by atoms with van der Waals surface area (Å²) in [5.41, 5.74) is -2.67. The van der Waals surface area contributed by atoms with Crippen LogP contribution in [0.5, 0.6) is 0 Å². The molecular formula is C58H92O27. The third-order valence-corrected chi connectivity index (χ3v) is 22.7. The van der Waals surface area contributed by atoms with Gasteiger partial charge in [-0.05, 0) is 110 Å². The molecule has 0 radical (unpaired) electrons. The summed E-state index contributed by atoms with van der Waals surface area (Å²) < 4.78 is 58.8. The van der Waals surface area contributed by atoms with Crippen molar-refractivity contribution in [3.63, 3.8) is 0 Å². The summed E-state index contributed by atoms with van der Waals surface area (Å²) in [6, 6.07) is 0. The van der Waals surface area contributed by atoms with Crippen molar-refractivity contribution >= 4 is 11.9 Å². The first kappa shape index (κ1) is 65.7. The number of hydrogen-bond donors (Lipinski definition) is 15. The molecule has 10 rings (SSSR count). The van der Waals surface area contributed by atoms with Gasteiger partial charge in [0.2, 0.25) is 6.29 Å². The Morgan fingerprint density at radius 3 is 1.81 bits per heavy atom. The van der Waals surface area contributed by atoms with E-state index >= 15 is 4.79 Å². The van der Waals surface area contributed by atoms with Crippen LogP contribution in [-0.2, 0) is 57.0 Å². The van der Waals surface area contributed by atoms with Gasteiger partial charge in [0.25, 0.3) is 0 Å². The number of carboxylic acids is 1. The van der Waals surface area contributed by atoms with Crippen LogP contribution in [0.2, 0.25) is 0 Å². The number of aliphatic hydroxyl groups is 14. The van der Waals surface area contributed by atoms with Gasteiger partial charge < -0.3 is 124 Å². The molecule has 27 heteroatoms. The lowest BCUT2D eigenvalue weighted by atomic mass is 9.33. The third kappa shape index (κ3) is 10.9. The fraction of sp³-hybridized carbons (Fsp3) is 0.931. The zero-order valence-electron chi connectivity index (χ0n) is 49.3. The fourth-order valence-corrected chi connectivity index (χ4v) is 17.5. The number of ether oxygens (including phenoxy) is 10. The predicted molar refractivity (Wildman–Crippen MR) is 284 cm³/mol. The summed E-state index contributed by atoms with van der Waals surface area (Å²) >= 11 is 0. The zero-order valence-corrected chi connectivity index (χ0v) is 49.3. The van der Waals surface area contributed by atoms with Crippen molar-refractivity contribution in [2.75, 3.05) is 19.8 Å². The number of rotatable bonds is 12. The van der Waals surface area contributed by atoms with Gasteiger partial charge in [0.1, 0.15) is 97.0 Å². The molecule has 5 aliphatic heterocycles. The van der Waals surface area contributed by atoms with Crippen LogP contribution in [-0.4, -0.2) is 262 Å². The summed E-state index contributed by atoms with van der Waals surface area (Å²) in [5, 5.41) is 163. The van der Waals surface area contributed by atoms with Gasteiger partial charge in [-0.2, -0.15) is 0 Å². The van der Waals surface area contributed by atoms with Gasteiger partial charge in [0.05, 0.1) is 38.1 Å². The predicted octanol–water partition coefficient (Wildman–Crippen LogP) is -2.84. The number of esters is 1. The van der Waals surface area contributed by atoms with Crippen molar-refractivity contribution < 1.29 is 134 Å². The number of carboxylic acid groups (broad SMARTS) is 1. The van der Waals surface area contributed by atoms with Crippen molar-refractivity contribution in [2.45, 2.75) is 267 Å². The lowest BCUT2D eigenvalue weighted by Crippen LogP contribution is -2.68. The maximum absolute atomic E-state index is 15.4. The third-order valence-electron chi connectivity index (χ3n) is 22.7. The minimum Gasteiger partial charge on any atom is -0.479 e. The van der Waals surface area contributed by atoms with Gasteiger partial charge in [0, 0.05) is 0 Å². The molecule has 5 heterocycles. The number of allylic oxidation sites excluding steroid dienone is 2. The van der Waals surface area contributed by atoms with Crippen LogP contribution in [0.1, 0.15) is 113 Å². The van der Waals surface area contributed by atoms with Crippen LogP contribution in [0.25, 0.3) is 0 Å². The highest BCUT2D eigenvalue weighted by atomic mass is 16.8. The standard InChI is InChI=1S/C58H92O27/c1-22-42(81-47-38(69)32(63)25(60)20-76-47)36(67)40(71)48(78-22)82-43-27(19-59)79-49(41(72)37(43)68)84-45-33(64)26(61)21-77-51(45)85-52(75)58-16-15-53(2,3)17-24(58)23-9-10-29-55(6)13-12-31(80-50-39(70)34(65)35(66)44(83-50)46(73)74)54(4,5)28(55)11-14-56(29,7)57(23,8)18-30(58)62/h9,22,24-45,47-51,59-72H,10-21H2,1-8H3,(H,73,74)/t22-,24-,25+,26-,27+,28+,29-,30+,31-,32-,33-,34-,35-,36-,37+,38+,39+,40+,41+,42-,43+,44-,45+,47-,48-,49-,50+,51-,55-,56+,57+,58+/m0/s1. The van der Waals surface area contributed by atoms with Gasteiger partial charge in [0.15, 0.2) is 37.4 Å². The summed E-state index contributed by atoms with van der Waals surface area (Å²) in [7, 11) is 0. The van der Waals surface area contributed by atoms with E-state index in [9.17, 15) is 81.4 Å². The van der Waals surface area contributed by atoms with Gasteiger partial charge in [-0.25, -0.2) is 4.79 Å². The van der Waals surface area contributed by atoms with E-state index in [1.54, 1.807) is 0 Å². The molecule has 486 valence electrons. The van der Waals surface area contributed by atoms with Crippen LogP contribution in [0, 0.1) is 50.2 Å². The number of carbonyl (C=O) groups is 2. The summed E-state index contributed by atoms with van der Waals surface area (Å²) in [5.74, 6) is -2.74. The molecule has 0 aromatic carbocycles. The maximum atomic E-state index is 15.4. The highest BCUT2D eigenvalue weighted by Crippen LogP contribution is 2.76. The molecule has 9 fully saturated rings. The topological polar surface area (TPSA) is 430 Å². The molecule has 0 unspecified atom stereocenters. The average Bonchev–Trinajstić information content (AvgIpc) is 0.681. The smallest absolute Gasteiger partial charge is 0.335 e. The lowest BCUT2D eigenvalue weighted by molar-refractivity contribution is -0.383. The first-order valence-corrected chi connectivity index (χ1v) is 30.1. The first-order chi connectivity index (χ1) is 39.7. The van der Waals surface area contributed by atoms with E-state index in [4.69, 9.17) is 47.4 Å². The summed E-state index contributed by atoms with van der Waals surface area (Å²) in [4.78, 5) is 27.4. The molecule has 0 spiro atoms. The molecule has 4 saturated carbocycles. The van der Waals surface area contributed by atoms with E-state index < -0.39 is 213 Å². The van der Waals surface area contributed by atoms with Gasteiger partial charge in [-0.3, -0.25) is 4.79 Å². The molecule has 5 saturated heterocycles. The van der Waals surface area contributed by atoms with E-state index in [2.05, 4.69) is 54.5 Å². The van der Waals surface area contributed by atoms with Crippen molar-refractivity contribution in [1.29, 1.82) is 0 Å². The number of fused-ring (bicyclic) bond motifs is 7. The minimum absolute atomic E-state index is 0.0560. The Morgan fingerprint density at radius 2 is 1.15 bits per heavy atom. The Morgan fingerprint density at radius 1 is 0.576 bits per heavy atom.